The van der Waals surface area contributed by atoms with Crippen LogP contribution in [-0.4, -0.2) is 12.0 Å². The highest BCUT2D eigenvalue weighted by molar-refractivity contribution is 9.10. The van der Waals surface area contributed by atoms with Gasteiger partial charge in [0.15, 0.2) is 0 Å². The smallest absolute Gasteiger partial charge is 0.132 e. The van der Waals surface area contributed by atoms with E-state index in [-0.39, 0.29) is 5.41 Å². The lowest BCUT2D eigenvalue weighted by Gasteiger charge is -2.25. The molecule has 1 aromatic carbocycles. The van der Waals surface area contributed by atoms with Gasteiger partial charge in [-0.15, -0.1) is 0 Å². The van der Waals surface area contributed by atoms with Crippen molar-refractivity contribution in [2.24, 2.45) is 0 Å². The van der Waals surface area contributed by atoms with E-state index in [1.807, 2.05) is 18.3 Å². The zero-order valence-electron chi connectivity index (χ0n) is 12.7. The maximum Gasteiger partial charge on any atom is 0.132 e. The first-order valence-electron chi connectivity index (χ1n) is 6.75. The fourth-order valence-electron chi connectivity index (χ4n) is 2.13. The third-order valence-corrected chi connectivity index (χ3v) is 3.96. The van der Waals surface area contributed by atoms with Gasteiger partial charge in [0.2, 0.25) is 0 Å². The van der Waals surface area contributed by atoms with Crippen molar-refractivity contribution in [3.05, 3.63) is 52.1 Å². The topological polar surface area (TPSA) is 16.1 Å². The molecule has 0 fully saturated rings. The molecule has 0 atom stereocenters. The summed E-state index contributed by atoms with van der Waals surface area (Å²) in [5.74, 6) is 0.947. The van der Waals surface area contributed by atoms with Gasteiger partial charge in [-0.2, -0.15) is 0 Å². The highest BCUT2D eigenvalue weighted by Crippen LogP contribution is 2.31. The number of benzene rings is 1. The first-order chi connectivity index (χ1) is 9.29. The van der Waals surface area contributed by atoms with Crippen LogP contribution >= 0.6 is 15.9 Å². The van der Waals surface area contributed by atoms with Gasteiger partial charge in [-0.3, -0.25) is 0 Å². The molecule has 0 aliphatic heterocycles. The minimum atomic E-state index is 0.149. The molecule has 0 aliphatic carbocycles. The minimum absolute atomic E-state index is 0.149. The Kier molecular flexibility index (Phi) is 4.19. The van der Waals surface area contributed by atoms with E-state index < -0.39 is 0 Å². The molecular formula is C17H21BrN2. The number of aromatic nitrogens is 1. The Morgan fingerprint density at radius 2 is 1.80 bits per heavy atom. The maximum atomic E-state index is 4.47. The third-order valence-electron chi connectivity index (χ3n) is 3.49. The van der Waals surface area contributed by atoms with Gasteiger partial charge in [0, 0.05) is 23.4 Å². The molecule has 0 saturated heterocycles. The highest BCUT2D eigenvalue weighted by Gasteiger charge is 2.16. The molecule has 1 heterocycles. The van der Waals surface area contributed by atoms with Crippen molar-refractivity contribution >= 4 is 27.4 Å². The molecule has 0 saturated carbocycles. The van der Waals surface area contributed by atoms with E-state index in [0.717, 1.165) is 10.3 Å². The molecule has 2 aromatic rings. The molecular weight excluding hydrogens is 312 g/mol. The van der Waals surface area contributed by atoms with E-state index in [0.29, 0.717) is 0 Å². The number of halogens is 1. The maximum absolute atomic E-state index is 4.47. The average molecular weight is 333 g/mol. The Bertz CT molecular complexity index is 597. The Hall–Kier alpha value is -1.35. The number of aryl methyl sites for hydroxylation is 1. The number of rotatable bonds is 2. The van der Waals surface area contributed by atoms with E-state index >= 15 is 0 Å². The normalized spacial score (nSPS) is 11.5. The average Bonchev–Trinajstić information content (AvgIpc) is 2.38. The van der Waals surface area contributed by atoms with Gasteiger partial charge < -0.3 is 4.90 Å². The SMILES string of the molecule is Cc1ccc(C(C)(C)C)cc1N(C)c1ccc(Br)cn1. The molecule has 1 aromatic heterocycles. The van der Waals surface area contributed by atoms with E-state index in [9.17, 15) is 0 Å². The molecule has 3 heteroatoms. The summed E-state index contributed by atoms with van der Waals surface area (Å²) < 4.78 is 0.995. The predicted molar refractivity (Wildman–Crippen MR) is 89.9 cm³/mol. The van der Waals surface area contributed by atoms with Crippen LogP contribution in [0, 0.1) is 6.92 Å². The molecule has 2 nitrogen and oxygen atoms in total. The van der Waals surface area contributed by atoms with Gasteiger partial charge >= 0.3 is 0 Å². The second-order valence-electron chi connectivity index (χ2n) is 6.14. The van der Waals surface area contributed by atoms with E-state index in [2.05, 4.69) is 78.8 Å². The Labute approximate surface area is 130 Å². The van der Waals surface area contributed by atoms with Crippen LogP contribution in [0.15, 0.2) is 41.0 Å². The Morgan fingerprint density at radius 3 is 2.35 bits per heavy atom. The third kappa shape index (κ3) is 3.21. The van der Waals surface area contributed by atoms with Crippen LogP contribution in [-0.2, 0) is 5.41 Å². The summed E-state index contributed by atoms with van der Waals surface area (Å²) in [5, 5.41) is 0. The Balaban J connectivity index is 2.43. The van der Waals surface area contributed by atoms with Crippen molar-refractivity contribution in [2.45, 2.75) is 33.1 Å². The summed E-state index contributed by atoms with van der Waals surface area (Å²) in [5.41, 5.74) is 3.94. The lowest BCUT2D eigenvalue weighted by atomic mass is 9.86. The van der Waals surface area contributed by atoms with E-state index in [4.69, 9.17) is 0 Å². The van der Waals surface area contributed by atoms with Crippen molar-refractivity contribution < 1.29 is 0 Å². The zero-order chi connectivity index (χ0) is 14.9. The van der Waals surface area contributed by atoms with Crippen LogP contribution in [0.4, 0.5) is 11.5 Å². The fraction of sp³-hybridized carbons (Fsp3) is 0.353. The van der Waals surface area contributed by atoms with Gasteiger partial charge in [-0.1, -0.05) is 32.9 Å². The fourth-order valence-corrected chi connectivity index (χ4v) is 2.36. The van der Waals surface area contributed by atoms with Gasteiger partial charge in [-0.25, -0.2) is 4.98 Å². The second kappa shape index (κ2) is 5.57. The Morgan fingerprint density at radius 1 is 1.10 bits per heavy atom. The van der Waals surface area contributed by atoms with Crippen LogP contribution in [0.2, 0.25) is 0 Å². The van der Waals surface area contributed by atoms with Crippen molar-refractivity contribution in [2.75, 3.05) is 11.9 Å². The molecule has 0 radical (unpaired) electrons. The lowest BCUT2D eigenvalue weighted by molar-refractivity contribution is 0.590. The van der Waals surface area contributed by atoms with Crippen molar-refractivity contribution in [3.63, 3.8) is 0 Å². The van der Waals surface area contributed by atoms with Gasteiger partial charge in [0.1, 0.15) is 5.82 Å². The molecule has 106 valence electrons. The summed E-state index contributed by atoms with van der Waals surface area (Å²) >= 11 is 3.42. The van der Waals surface area contributed by atoms with Crippen LogP contribution in [0.3, 0.4) is 0 Å². The lowest BCUT2D eigenvalue weighted by Crippen LogP contribution is -2.16. The summed E-state index contributed by atoms with van der Waals surface area (Å²) in [4.78, 5) is 6.60. The number of anilines is 2. The summed E-state index contributed by atoms with van der Waals surface area (Å²) in [6, 6.07) is 10.7. The molecule has 0 unspecified atom stereocenters. The summed E-state index contributed by atoms with van der Waals surface area (Å²) in [6.45, 7) is 8.84. The van der Waals surface area contributed by atoms with Gasteiger partial charge in [0.25, 0.3) is 0 Å². The summed E-state index contributed by atoms with van der Waals surface area (Å²) in [6.07, 6.45) is 1.83. The number of pyridine rings is 1. The monoisotopic (exact) mass is 332 g/mol. The molecule has 0 bridgehead atoms. The molecule has 2 rings (SSSR count). The minimum Gasteiger partial charge on any atom is -0.329 e. The molecule has 20 heavy (non-hydrogen) atoms. The van der Waals surface area contributed by atoms with Crippen molar-refractivity contribution in [1.29, 1.82) is 0 Å². The first-order valence-corrected chi connectivity index (χ1v) is 7.55. The van der Waals surface area contributed by atoms with Gasteiger partial charge in [-0.05, 0) is 57.6 Å². The molecule has 0 amide bonds. The van der Waals surface area contributed by atoms with E-state index in [1.165, 1.54) is 16.8 Å². The first kappa shape index (κ1) is 15.0. The predicted octanol–water partition coefficient (Wildman–Crippen LogP) is 5.22. The summed E-state index contributed by atoms with van der Waals surface area (Å²) in [7, 11) is 2.06. The molecule has 0 aliphatic rings. The second-order valence-corrected chi connectivity index (χ2v) is 7.06. The van der Waals surface area contributed by atoms with Crippen LogP contribution in [0.5, 0.6) is 0 Å². The number of hydrogen-bond acceptors (Lipinski definition) is 2. The van der Waals surface area contributed by atoms with E-state index in [1.54, 1.807) is 0 Å². The van der Waals surface area contributed by atoms with Crippen molar-refractivity contribution in [3.8, 4) is 0 Å². The largest absolute Gasteiger partial charge is 0.329 e. The number of nitrogens with zero attached hydrogens (tertiary/aromatic N) is 2. The zero-order valence-corrected chi connectivity index (χ0v) is 14.3. The number of hydrogen-bond donors (Lipinski definition) is 0. The van der Waals surface area contributed by atoms with Crippen LogP contribution in [0.1, 0.15) is 31.9 Å². The quantitative estimate of drug-likeness (QED) is 0.749. The van der Waals surface area contributed by atoms with Crippen LogP contribution in [0.25, 0.3) is 0 Å². The molecule has 0 N–H and O–H groups in total. The standard InChI is InChI=1S/C17H21BrN2/c1-12-6-7-13(17(2,3)4)10-15(12)20(5)16-9-8-14(18)11-19-16/h6-11H,1-5H3. The van der Waals surface area contributed by atoms with Gasteiger partial charge in [0.05, 0.1) is 0 Å². The molecule has 0 spiro atoms. The highest BCUT2D eigenvalue weighted by atomic mass is 79.9. The van der Waals surface area contributed by atoms with Crippen LogP contribution < -0.4 is 4.90 Å². The van der Waals surface area contributed by atoms with Crippen molar-refractivity contribution in [1.82, 2.24) is 4.98 Å².